The number of benzene rings is 1. The Morgan fingerprint density at radius 2 is 1.85 bits per heavy atom. The molecule has 3 heterocycles. The van der Waals surface area contributed by atoms with Crippen LogP contribution in [-0.4, -0.2) is 53.4 Å². The second-order valence-corrected chi connectivity index (χ2v) is 14.5. The average molecular weight is 577 g/mol. The van der Waals surface area contributed by atoms with Crippen LogP contribution in [0.25, 0.3) is 0 Å². The number of anilines is 1. The quantitative estimate of drug-likeness (QED) is 0.524. The number of hydrogen-bond donors (Lipinski definition) is 2. The van der Waals surface area contributed by atoms with Crippen molar-refractivity contribution in [2.75, 3.05) is 11.9 Å². The first kappa shape index (κ1) is 28.8. The van der Waals surface area contributed by atoms with Crippen molar-refractivity contribution >= 4 is 45.0 Å². The highest BCUT2D eigenvalue weighted by Gasteiger charge is 2.58. The molecule has 2 N–H and O–H groups in total. The highest BCUT2D eigenvalue weighted by Crippen LogP contribution is 2.49. The summed E-state index contributed by atoms with van der Waals surface area (Å²) in [5.41, 5.74) is -0.445. The largest absolute Gasteiger partial charge is 0.493 e. The molecule has 0 saturated heterocycles. The van der Waals surface area contributed by atoms with Gasteiger partial charge in [0.15, 0.2) is 9.84 Å². The second kappa shape index (κ2) is 9.78. The van der Waals surface area contributed by atoms with E-state index in [9.17, 15) is 18.0 Å². The first-order valence-electron chi connectivity index (χ1n) is 12.5. The van der Waals surface area contributed by atoms with Gasteiger partial charge in [-0.2, -0.15) is 0 Å². The topological polar surface area (TPSA) is 136 Å². The lowest BCUT2D eigenvalue weighted by Crippen LogP contribution is -2.61. The average Bonchev–Trinajstić information content (AvgIpc) is 2.93. The molecule has 2 unspecified atom stereocenters. The third kappa shape index (κ3) is 5.34. The molecule has 2 aliphatic heterocycles. The smallest absolute Gasteiger partial charge is 0.413 e. The van der Waals surface area contributed by atoms with E-state index in [0.717, 1.165) is 0 Å². The Hall–Kier alpha value is -3.18. The number of nitrogens with zero attached hydrogens (tertiary/aromatic N) is 2. The Bertz CT molecular complexity index is 1480. The molecule has 0 spiro atoms. The Morgan fingerprint density at radius 3 is 2.49 bits per heavy atom. The number of sulfone groups is 1. The molecule has 0 radical (unpaired) electrons. The van der Waals surface area contributed by atoms with Crippen molar-refractivity contribution < 1.29 is 27.5 Å². The van der Waals surface area contributed by atoms with E-state index in [0.29, 0.717) is 27.6 Å². The predicted octanol–water partition coefficient (Wildman–Crippen LogP) is 4.79. The minimum atomic E-state index is -3.90. The maximum atomic E-state index is 14.0. The molecule has 1 aromatic heterocycles. The van der Waals surface area contributed by atoms with Gasteiger partial charge in [-0.3, -0.25) is 15.1 Å². The number of ether oxygens (including phenoxy) is 2. The molecule has 2 aromatic rings. The van der Waals surface area contributed by atoms with Crippen LogP contribution in [0, 0.1) is 6.92 Å². The molecular weight excluding hydrogens is 544 g/mol. The van der Waals surface area contributed by atoms with Gasteiger partial charge in [0.1, 0.15) is 33.2 Å². The zero-order valence-electron chi connectivity index (χ0n) is 23.0. The van der Waals surface area contributed by atoms with Gasteiger partial charge in [-0.1, -0.05) is 11.6 Å². The van der Waals surface area contributed by atoms with Gasteiger partial charge in [-0.25, -0.2) is 18.2 Å². The van der Waals surface area contributed by atoms with Crippen molar-refractivity contribution in [2.24, 2.45) is 4.99 Å². The zero-order chi connectivity index (χ0) is 29.0. The summed E-state index contributed by atoms with van der Waals surface area (Å²) in [5, 5.41) is 4.88. The van der Waals surface area contributed by atoms with Gasteiger partial charge in [-0.05, 0) is 78.3 Å². The minimum Gasteiger partial charge on any atom is -0.493 e. The van der Waals surface area contributed by atoms with E-state index in [1.165, 1.54) is 20.0 Å². The van der Waals surface area contributed by atoms with E-state index in [-0.39, 0.29) is 24.6 Å². The van der Waals surface area contributed by atoms with E-state index < -0.39 is 43.0 Å². The van der Waals surface area contributed by atoms with Gasteiger partial charge in [-0.15, -0.1) is 0 Å². The number of amidine groups is 1. The summed E-state index contributed by atoms with van der Waals surface area (Å²) in [5.74, 6) is -0.0404. The molecule has 0 bridgehead atoms. The molecule has 2 aliphatic rings. The molecule has 0 aliphatic carbocycles. The normalized spacial score (nSPS) is 23.2. The van der Waals surface area contributed by atoms with E-state index in [4.69, 9.17) is 26.1 Å². The third-order valence-electron chi connectivity index (χ3n) is 6.93. The zero-order valence-corrected chi connectivity index (χ0v) is 24.6. The standard InChI is InChI=1S/C27H33ClN4O6S/c1-15-12-16(28)14-29-21(15)22(33)30-17-8-9-19-18(13-17)27(7)20(10-11-37-19)39(35,36)26(5,6)23(32-27)31-24(34)38-25(2,3)4/h8-9,12-14,20H,10-11H2,1-7H3,(H,30,33)(H,31,32,34). The Balaban J connectivity index is 1.79. The Morgan fingerprint density at radius 1 is 1.15 bits per heavy atom. The molecular formula is C27H33ClN4O6S. The number of carbonyl (C=O) groups is 2. The number of alkyl carbamates (subject to hydrolysis) is 1. The van der Waals surface area contributed by atoms with Gasteiger partial charge in [0.25, 0.3) is 5.91 Å². The summed E-state index contributed by atoms with van der Waals surface area (Å²) in [6.45, 7) is 11.8. The molecule has 0 fully saturated rings. The summed E-state index contributed by atoms with van der Waals surface area (Å²) < 4.78 is 37.8. The number of hydrogen-bond acceptors (Lipinski definition) is 8. The molecule has 0 saturated carbocycles. The van der Waals surface area contributed by atoms with Gasteiger partial charge < -0.3 is 14.8 Å². The summed E-state index contributed by atoms with van der Waals surface area (Å²) in [6.07, 6.45) is 0.779. The number of carbonyl (C=O) groups excluding carboxylic acids is 2. The van der Waals surface area contributed by atoms with Crippen LogP contribution in [0.15, 0.2) is 35.5 Å². The maximum absolute atomic E-state index is 14.0. The number of aryl methyl sites for hydroxylation is 1. The van der Waals surface area contributed by atoms with Crippen LogP contribution in [0.5, 0.6) is 5.75 Å². The third-order valence-corrected chi connectivity index (χ3v) is 10.2. The highest BCUT2D eigenvalue weighted by atomic mass is 35.5. The monoisotopic (exact) mass is 576 g/mol. The number of halogens is 1. The number of aliphatic imine (C=N–C) groups is 1. The molecule has 2 atom stereocenters. The lowest BCUT2D eigenvalue weighted by molar-refractivity contribution is 0.0560. The van der Waals surface area contributed by atoms with E-state index in [1.807, 2.05) is 0 Å². The maximum Gasteiger partial charge on any atom is 0.413 e. The van der Waals surface area contributed by atoms with E-state index >= 15 is 0 Å². The first-order valence-corrected chi connectivity index (χ1v) is 14.4. The van der Waals surface area contributed by atoms with Gasteiger partial charge in [0.05, 0.1) is 16.9 Å². The lowest BCUT2D eigenvalue weighted by atomic mass is 9.86. The number of amides is 2. The molecule has 210 valence electrons. The van der Waals surface area contributed by atoms with Gasteiger partial charge in [0.2, 0.25) is 0 Å². The van der Waals surface area contributed by atoms with Crippen LogP contribution >= 0.6 is 11.6 Å². The summed E-state index contributed by atoms with van der Waals surface area (Å²) in [4.78, 5) is 34.6. The highest BCUT2D eigenvalue weighted by molar-refractivity contribution is 7.94. The van der Waals surface area contributed by atoms with Crippen molar-refractivity contribution in [1.29, 1.82) is 0 Å². The molecule has 39 heavy (non-hydrogen) atoms. The van der Waals surface area contributed by atoms with Crippen molar-refractivity contribution in [3.8, 4) is 5.75 Å². The number of fused-ring (bicyclic) bond motifs is 3. The number of nitrogens with one attached hydrogen (secondary N) is 2. The van der Waals surface area contributed by atoms with Crippen molar-refractivity contribution in [3.63, 3.8) is 0 Å². The number of rotatable bonds is 2. The van der Waals surface area contributed by atoms with E-state index in [2.05, 4.69) is 15.6 Å². The van der Waals surface area contributed by atoms with Gasteiger partial charge in [0, 0.05) is 23.9 Å². The van der Waals surface area contributed by atoms with Crippen molar-refractivity contribution in [1.82, 2.24) is 10.3 Å². The Kier molecular flexibility index (Phi) is 7.23. The van der Waals surface area contributed by atoms with Crippen LogP contribution < -0.4 is 15.4 Å². The summed E-state index contributed by atoms with van der Waals surface area (Å²) in [6, 6.07) is 6.63. The fourth-order valence-corrected chi connectivity index (χ4v) is 7.33. The van der Waals surface area contributed by atoms with Crippen molar-refractivity contribution in [3.05, 3.63) is 52.3 Å². The second-order valence-electron chi connectivity index (χ2n) is 11.4. The van der Waals surface area contributed by atoms with Crippen LogP contribution in [0.1, 0.15) is 69.6 Å². The minimum absolute atomic E-state index is 0.0289. The summed E-state index contributed by atoms with van der Waals surface area (Å²) in [7, 11) is -3.90. The van der Waals surface area contributed by atoms with Crippen LogP contribution in [0.4, 0.5) is 10.5 Å². The first-order chi connectivity index (χ1) is 18.0. The molecule has 1 aromatic carbocycles. The van der Waals surface area contributed by atoms with E-state index in [1.54, 1.807) is 58.9 Å². The van der Waals surface area contributed by atoms with Gasteiger partial charge >= 0.3 is 6.09 Å². The number of aromatic nitrogens is 1. The fraction of sp³-hybridized carbons (Fsp3) is 0.481. The van der Waals surface area contributed by atoms with Crippen LogP contribution in [0.3, 0.4) is 0 Å². The summed E-state index contributed by atoms with van der Waals surface area (Å²) >= 11 is 5.97. The van der Waals surface area contributed by atoms with Crippen LogP contribution in [-0.2, 0) is 20.1 Å². The SMILES string of the molecule is Cc1cc(Cl)cnc1C(=O)Nc1ccc2c(c1)C1(C)N=C(NC(=O)OC(C)(C)C)C(C)(C)S(=O)(=O)C1CCO2. The van der Waals surface area contributed by atoms with Crippen molar-refractivity contribution in [2.45, 2.75) is 76.0 Å². The molecule has 10 nitrogen and oxygen atoms in total. The molecule has 12 heteroatoms. The Labute approximate surface area is 233 Å². The molecule has 2 amide bonds. The lowest BCUT2D eigenvalue weighted by Gasteiger charge is -2.44. The fourth-order valence-electron chi connectivity index (χ4n) is 4.85. The number of pyridine rings is 1. The predicted molar refractivity (Wildman–Crippen MR) is 149 cm³/mol. The van der Waals surface area contributed by atoms with Crippen LogP contribution in [0.2, 0.25) is 5.02 Å². The molecule has 4 rings (SSSR count).